The molecule has 0 aliphatic rings. The molecule has 16 heavy (non-hydrogen) atoms. The molecule has 0 spiro atoms. The molecule has 0 fully saturated rings. The van der Waals surface area contributed by atoms with Gasteiger partial charge in [0.05, 0.1) is 5.70 Å². The summed E-state index contributed by atoms with van der Waals surface area (Å²) in [7, 11) is 0. The first-order valence-electron chi connectivity index (χ1n) is 5.96. The monoisotopic (exact) mass is 215 g/mol. The van der Waals surface area contributed by atoms with Crippen LogP contribution in [0.4, 0.5) is 0 Å². The highest BCUT2D eigenvalue weighted by Gasteiger charge is 2.04. The fourth-order valence-electron chi connectivity index (χ4n) is 1.50. The molecule has 0 N–H and O–H groups in total. The van der Waals surface area contributed by atoms with Crippen LogP contribution in [0.15, 0.2) is 41.4 Å². The molecular formula is C15H21N. The van der Waals surface area contributed by atoms with E-state index in [4.69, 9.17) is 4.99 Å². The molecule has 0 heterocycles. The summed E-state index contributed by atoms with van der Waals surface area (Å²) in [5.74, 6) is 0.554. The molecule has 1 aromatic rings. The maximum atomic E-state index is 4.71. The summed E-state index contributed by atoms with van der Waals surface area (Å²) < 4.78 is 0. The van der Waals surface area contributed by atoms with E-state index in [0.29, 0.717) is 5.92 Å². The minimum Gasteiger partial charge on any atom is -0.258 e. The Balaban J connectivity index is 2.94. The van der Waals surface area contributed by atoms with Gasteiger partial charge in [-0.05, 0) is 31.7 Å². The molecule has 0 bridgehead atoms. The molecule has 0 aliphatic heterocycles. The lowest BCUT2D eigenvalue weighted by Crippen LogP contribution is -2.05. The maximum absolute atomic E-state index is 4.71. The topological polar surface area (TPSA) is 12.4 Å². The fraction of sp³-hybridized carbons (Fsp3) is 0.400. The van der Waals surface area contributed by atoms with Crippen LogP contribution in [0, 0.1) is 5.92 Å². The zero-order chi connectivity index (χ0) is 12.0. The Kier molecular flexibility index (Phi) is 4.97. The van der Waals surface area contributed by atoms with E-state index >= 15 is 0 Å². The van der Waals surface area contributed by atoms with Gasteiger partial charge in [-0.1, -0.05) is 50.3 Å². The van der Waals surface area contributed by atoms with Crippen LogP contribution in [0.1, 0.15) is 39.7 Å². The van der Waals surface area contributed by atoms with Crippen molar-refractivity contribution in [3.63, 3.8) is 0 Å². The fourth-order valence-corrected chi connectivity index (χ4v) is 1.50. The third kappa shape index (κ3) is 3.34. The van der Waals surface area contributed by atoms with Crippen molar-refractivity contribution in [2.24, 2.45) is 10.9 Å². The lowest BCUT2D eigenvalue weighted by Gasteiger charge is -2.09. The van der Waals surface area contributed by atoms with Crippen molar-refractivity contribution in [3.8, 4) is 0 Å². The van der Waals surface area contributed by atoms with Crippen molar-refractivity contribution in [2.75, 3.05) is 0 Å². The molecule has 0 amide bonds. The quantitative estimate of drug-likeness (QED) is 0.653. The molecule has 1 nitrogen and oxygen atoms in total. The summed E-state index contributed by atoms with van der Waals surface area (Å²) in [6.07, 6.45) is 3.21. The normalized spacial score (nSPS) is 15.0. The van der Waals surface area contributed by atoms with Gasteiger partial charge in [0.2, 0.25) is 0 Å². The van der Waals surface area contributed by atoms with Crippen LogP contribution in [0.25, 0.3) is 5.70 Å². The summed E-state index contributed by atoms with van der Waals surface area (Å²) in [6.45, 7) is 8.56. The molecule has 1 rings (SSSR count). The first-order chi connectivity index (χ1) is 7.69. The molecule has 1 atom stereocenters. The number of aliphatic imine (C=N–C) groups is 1. The van der Waals surface area contributed by atoms with E-state index in [9.17, 15) is 0 Å². The van der Waals surface area contributed by atoms with Crippen LogP contribution in [0.2, 0.25) is 0 Å². The zero-order valence-electron chi connectivity index (χ0n) is 10.7. The highest BCUT2D eigenvalue weighted by atomic mass is 14.8. The van der Waals surface area contributed by atoms with Gasteiger partial charge in [-0.15, -0.1) is 0 Å². The Morgan fingerprint density at radius 1 is 1.31 bits per heavy atom. The lowest BCUT2D eigenvalue weighted by molar-refractivity contribution is 0.736. The predicted molar refractivity (Wildman–Crippen MR) is 72.7 cm³/mol. The third-order valence-electron chi connectivity index (χ3n) is 2.97. The average Bonchev–Trinajstić information content (AvgIpc) is 2.35. The van der Waals surface area contributed by atoms with Gasteiger partial charge in [0, 0.05) is 5.71 Å². The minimum atomic E-state index is 0.554. The van der Waals surface area contributed by atoms with Crippen LogP contribution in [0.3, 0.4) is 0 Å². The van der Waals surface area contributed by atoms with Gasteiger partial charge in [0.1, 0.15) is 0 Å². The standard InChI is InChI=1S/C15H21N/c1-5-12(3)13(4)16-15(6-2)14-10-8-7-9-11-14/h6-12H,5H2,1-4H3/b15-6-,16-13?. The van der Waals surface area contributed by atoms with E-state index in [1.165, 1.54) is 11.3 Å². The van der Waals surface area contributed by atoms with Gasteiger partial charge in [-0.3, -0.25) is 4.99 Å². The second kappa shape index (κ2) is 6.26. The number of benzene rings is 1. The van der Waals surface area contributed by atoms with E-state index in [-0.39, 0.29) is 0 Å². The van der Waals surface area contributed by atoms with Crippen LogP contribution in [-0.2, 0) is 0 Å². The van der Waals surface area contributed by atoms with Gasteiger partial charge in [-0.2, -0.15) is 0 Å². The Hall–Kier alpha value is -1.37. The van der Waals surface area contributed by atoms with Crippen molar-refractivity contribution >= 4 is 11.4 Å². The number of nitrogens with zero attached hydrogens (tertiary/aromatic N) is 1. The molecule has 0 aliphatic carbocycles. The van der Waals surface area contributed by atoms with E-state index in [1.807, 2.05) is 25.1 Å². The second-order valence-electron chi connectivity index (χ2n) is 4.10. The summed E-state index contributed by atoms with van der Waals surface area (Å²) in [4.78, 5) is 4.71. The van der Waals surface area contributed by atoms with Crippen molar-refractivity contribution in [2.45, 2.75) is 34.1 Å². The molecule has 0 saturated carbocycles. The molecule has 86 valence electrons. The van der Waals surface area contributed by atoms with Crippen LogP contribution < -0.4 is 0 Å². The molecular weight excluding hydrogens is 194 g/mol. The Morgan fingerprint density at radius 3 is 2.44 bits per heavy atom. The lowest BCUT2D eigenvalue weighted by atomic mass is 10.0. The Labute approximate surface area is 98.9 Å². The highest BCUT2D eigenvalue weighted by molar-refractivity contribution is 5.89. The van der Waals surface area contributed by atoms with Gasteiger partial charge in [0.25, 0.3) is 0 Å². The van der Waals surface area contributed by atoms with E-state index in [2.05, 4.69) is 39.0 Å². The van der Waals surface area contributed by atoms with Crippen LogP contribution in [-0.4, -0.2) is 5.71 Å². The maximum Gasteiger partial charge on any atom is 0.0658 e. The summed E-state index contributed by atoms with van der Waals surface area (Å²) >= 11 is 0. The van der Waals surface area contributed by atoms with E-state index in [1.54, 1.807) is 0 Å². The van der Waals surface area contributed by atoms with Crippen LogP contribution in [0.5, 0.6) is 0 Å². The first-order valence-corrected chi connectivity index (χ1v) is 5.96. The molecule has 0 aromatic heterocycles. The molecule has 1 unspecified atom stereocenters. The second-order valence-corrected chi connectivity index (χ2v) is 4.10. The van der Waals surface area contributed by atoms with Crippen molar-refractivity contribution < 1.29 is 0 Å². The van der Waals surface area contributed by atoms with E-state index in [0.717, 1.165) is 12.1 Å². The first kappa shape index (κ1) is 12.7. The Morgan fingerprint density at radius 2 is 1.94 bits per heavy atom. The third-order valence-corrected chi connectivity index (χ3v) is 2.97. The predicted octanol–water partition coefficient (Wildman–Crippen LogP) is 4.55. The smallest absolute Gasteiger partial charge is 0.0658 e. The minimum absolute atomic E-state index is 0.554. The highest BCUT2D eigenvalue weighted by Crippen LogP contribution is 2.17. The van der Waals surface area contributed by atoms with Crippen molar-refractivity contribution in [3.05, 3.63) is 42.0 Å². The summed E-state index contributed by atoms with van der Waals surface area (Å²) in [5.41, 5.74) is 3.46. The SMILES string of the molecule is C/C=C(\N=C(C)C(C)CC)c1ccccc1. The van der Waals surface area contributed by atoms with Gasteiger partial charge in [0.15, 0.2) is 0 Å². The summed E-state index contributed by atoms with van der Waals surface area (Å²) in [6, 6.07) is 10.3. The van der Waals surface area contributed by atoms with Crippen molar-refractivity contribution in [1.29, 1.82) is 0 Å². The van der Waals surface area contributed by atoms with Gasteiger partial charge >= 0.3 is 0 Å². The zero-order valence-corrected chi connectivity index (χ0v) is 10.7. The number of hydrogen-bond donors (Lipinski definition) is 0. The largest absolute Gasteiger partial charge is 0.258 e. The van der Waals surface area contributed by atoms with Gasteiger partial charge in [-0.25, -0.2) is 0 Å². The number of rotatable bonds is 4. The van der Waals surface area contributed by atoms with Crippen LogP contribution >= 0.6 is 0 Å². The van der Waals surface area contributed by atoms with Crippen molar-refractivity contribution in [1.82, 2.24) is 0 Å². The molecule has 0 radical (unpaired) electrons. The average molecular weight is 215 g/mol. The number of allylic oxidation sites excluding steroid dienone is 1. The molecule has 1 heteroatoms. The van der Waals surface area contributed by atoms with Gasteiger partial charge < -0.3 is 0 Å². The molecule has 0 saturated heterocycles. The molecule has 1 aromatic carbocycles. The summed E-state index contributed by atoms with van der Waals surface area (Å²) in [5, 5.41) is 0. The Bertz CT molecular complexity index is 374. The van der Waals surface area contributed by atoms with E-state index < -0.39 is 0 Å². The number of hydrogen-bond acceptors (Lipinski definition) is 1.